The van der Waals surface area contributed by atoms with E-state index in [-0.39, 0.29) is 17.4 Å². The number of hydrogen-bond acceptors (Lipinski definition) is 4. The minimum Gasteiger partial charge on any atom is -0.480 e. The van der Waals surface area contributed by atoms with Crippen LogP contribution in [0.15, 0.2) is 12.4 Å². The van der Waals surface area contributed by atoms with Gasteiger partial charge in [-0.1, -0.05) is 0 Å². The first-order valence-corrected chi connectivity index (χ1v) is 6.98. The van der Waals surface area contributed by atoms with Crippen molar-refractivity contribution < 1.29 is 14.7 Å². The zero-order valence-corrected chi connectivity index (χ0v) is 11.5. The number of hydrogen-bond donors (Lipinski definition) is 3. The number of urea groups is 1. The lowest BCUT2D eigenvalue weighted by atomic mass is 10.3. The van der Waals surface area contributed by atoms with Gasteiger partial charge in [0.25, 0.3) is 0 Å². The molecule has 3 unspecified atom stereocenters. The second-order valence-corrected chi connectivity index (χ2v) is 5.69. The van der Waals surface area contributed by atoms with Gasteiger partial charge in [-0.15, -0.1) is 11.8 Å². The molecule has 1 fully saturated rings. The van der Waals surface area contributed by atoms with Gasteiger partial charge in [0.2, 0.25) is 0 Å². The van der Waals surface area contributed by atoms with Crippen LogP contribution in [0, 0.1) is 0 Å². The summed E-state index contributed by atoms with van der Waals surface area (Å²) in [5.41, 5.74) is 0. The number of carbonyl (C=O) groups is 2. The molecule has 1 aliphatic rings. The van der Waals surface area contributed by atoms with E-state index < -0.39 is 12.0 Å². The fourth-order valence-corrected chi connectivity index (χ4v) is 3.15. The second kappa shape index (κ2) is 5.52. The monoisotopic (exact) mass is 284 g/mol. The maximum atomic E-state index is 12.2. The van der Waals surface area contributed by atoms with Crippen molar-refractivity contribution in [3.8, 4) is 0 Å². The van der Waals surface area contributed by atoms with Crippen LogP contribution >= 0.6 is 11.8 Å². The number of carboxylic acid groups (broad SMARTS) is 1. The molecule has 3 atom stereocenters. The quantitative estimate of drug-likeness (QED) is 0.770. The lowest BCUT2D eigenvalue weighted by Gasteiger charge is -2.26. The molecule has 1 saturated heterocycles. The van der Waals surface area contributed by atoms with Crippen molar-refractivity contribution in [1.29, 1.82) is 0 Å². The number of carboxylic acids is 1. The van der Waals surface area contributed by atoms with E-state index in [0.717, 1.165) is 0 Å². The summed E-state index contributed by atoms with van der Waals surface area (Å²) in [5.74, 6) is 0.0800. The first-order chi connectivity index (χ1) is 9.00. The number of imidazole rings is 1. The molecule has 0 spiro atoms. The van der Waals surface area contributed by atoms with Gasteiger partial charge in [0.05, 0.1) is 11.4 Å². The van der Waals surface area contributed by atoms with Gasteiger partial charge < -0.3 is 15.4 Å². The zero-order valence-electron chi connectivity index (χ0n) is 10.7. The summed E-state index contributed by atoms with van der Waals surface area (Å²) in [6.07, 6.45) is 3.28. The number of aliphatic carboxylic acids is 1. The Hall–Kier alpha value is -1.70. The average molecular weight is 284 g/mol. The minimum absolute atomic E-state index is 0.148. The van der Waals surface area contributed by atoms with Crippen LogP contribution in [-0.4, -0.2) is 49.1 Å². The number of amides is 2. The summed E-state index contributed by atoms with van der Waals surface area (Å²) in [6.45, 7) is 3.62. The smallest absolute Gasteiger partial charge is 0.327 e. The zero-order chi connectivity index (χ0) is 14.0. The molecule has 19 heavy (non-hydrogen) atoms. The van der Waals surface area contributed by atoms with Crippen molar-refractivity contribution in [3.05, 3.63) is 18.2 Å². The fourth-order valence-electron chi connectivity index (χ4n) is 1.98. The third kappa shape index (κ3) is 2.83. The molecule has 104 valence electrons. The number of nitrogens with one attached hydrogen (secondary N) is 2. The van der Waals surface area contributed by atoms with E-state index in [1.165, 1.54) is 16.7 Å². The number of aromatic amines is 1. The number of thioether (sulfide) groups is 1. The number of carbonyl (C=O) groups excluding carboxylic acids is 1. The Labute approximate surface area is 114 Å². The highest BCUT2D eigenvalue weighted by Gasteiger charge is 2.39. The molecule has 0 saturated carbocycles. The van der Waals surface area contributed by atoms with E-state index in [2.05, 4.69) is 15.3 Å². The third-order valence-corrected chi connectivity index (χ3v) is 4.23. The first-order valence-electron chi connectivity index (χ1n) is 5.93. The number of H-pyrrole nitrogens is 1. The molecule has 0 aliphatic carbocycles. The molecule has 2 rings (SSSR count). The van der Waals surface area contributed by atoms with Gasteiger partial charge in [0.1, 0.15) is 11.9 Å². The molecule has 2 amide bonds. The van der Waals surface area contributed by atoms with Crippen LogP contribution in [0.25, 0.3) is 0 Å². The summed E-state index contributed by atoms with van der Waals surface area (Å²) in [4.78, 5) is 31.6. The van der Waals surface area contributed by atoms with Gasteiger partial charge in [0, 0.05) is 18.1 Å². The molecule has 1 aromatic rings. The van der Waals surface area contributed by atoms with Crippen LogP contribution < -0.4 is 5.32 Å². The first kappa shape index (κ1) is 13.7. The summed E-state index contributed by atoms with van der Waals surface area (Å²) in [7, 11) is 0. The Morgan fingerprint density at radius 2 is 2.42 bits per heavy atom. The molecule has 2 heterocycles. The number of rotatable bonds is 3. The molecular formula is C11H16N4O3S. The molecule has 0 bridgehead atoms. The van der Waals surface area contributed by atoms with E-state index in [1.807, 2.05) is 6.92 Å². The Balaban J connectivity index is 2.04. The molecule has 0 aromatic carbocycles. The van der Waals surface area contributed by atoms with Crippen molar-refractivity contribution in [1.82, 2.24) is 20.2 Å². The highest BCUT2D eigenvalue weighted by Crippen LogP contribution is 2.29. The summed E-state index contributed by atoms with van der Waals surface area (Å²) in [6, 6.07) is -1.45. The summed E-state index contributed by atoms with van der Waals surface area (Å²) in [5, 5.41) is 11.7. The van der Waals surface area contributed by atoms with E-state index in [4.69, 9.17) is 5.11 Å². The highest BCUT2D eigenvalue weighted by atomic mass is 32.2. The average Bonchev–Trinajstić information content (AvgIpc) is 2.96. The number of aromatic nitrogens is 2. The van der Waals surface area contributed by atoms with Crippen LogP contribution in [0.1, 0.15) is 25.7 Å². The lowest BCUT2D eigenvalue weighted by molar-refractivity contribution is -0.141. The van der Waals surface area contributed by atoms with Crippen LogP contribution in [0.4, 0.5) is 4.79 Å². The molecule has 1 aromatic heterocycles. The normalized spacial score (nSPS) is 24.2. The maximum absolute atomic E-state index is 12.2. The van der Waals surface area contributed by atoms with E-state index in [0.29, 0.717) is 11.6 Å². The van der Waals surface area contributed by atoms with Crippen LogP contribution in [0.5, 0.6) is 0 Å². The van der Waals surface area contributed by atoms with Gasteiger partial charge in [-0.05, 0) is 13.8 Å². The second-order valence-electron chi connectivity index (χ2n) is 4.34. The third-order valence-electron chi connectivity index (χ3n) is 3.01. The fraction of sp³-hybridized carbons (Fsp3) is 0.545. The number of nitrogens with zero attached hydrogens (tertiary/aromatic N) is 2. The lowest BCUT2D eigenvalue weighted by Crippen LogP contribution is -2.50. The molecule has 0 radical (unpaired) electrons. The van der Waals surface area contributed by atoms with Gasteiger partial charge in [0.15, 0.2) is 0 Å². The van der Waals surface area contributed by atoms with Gasteiger partial charge in [-0.25, -0.2) is 14.6 Å². The van der Waals surface area contributed by atoms with Crippen molar-refractivity contribution in [3.63, 3.8) is 0 Å². The van der Waals surface area contributed by atoms with Crippen molar-refractivity contribution in [2.75, 3.05) is 5.75 Å². The SMILES string of the molecule is CC(NC(=O)N1C(C)SCC1C(=O)O)c1ncc[nH]1. The van der Waals surface area contributed by atoms with Gasteiger partial charge in [-0.2, -0.15) is 0 Å². The maximum Gasteiger partial charge on any atom is 0.327 e. The Kier molecular flexibility index (Phi) is 3.98. The minimum atomic E-state index is -0.974. The summed E-state index contributed by atoms with van der Waals surface area (Å²) >= 11 is 1.46. The Morgan fingerprint density at radius 1 is 1.68 bits per heavy atom. The highest BCUT2D eigenvalue weighted by molar-refractivity contribution is 8.00. The molecule has 7 nitrogen and oxygen atoms in total. The van der Waals surface area contributed by atoms with Crippen LogP contribution in [-0.2, 0) is 4.79 Å². The topological polar surface area (TPSA) is 98.3 Å². The van der Waals surface area contributed by atoms with Crippen molar-refractivity contribution in [2.45, 2.75) is 31.3 Å². The molecule has 3 N–H and O–H groups in total. The van der Waals surface area contributed by atoms with Crippen LogP contribution in [0.3, 0.4) is 0 Å². The van der Waals surface area contributed by atoms with Gasteiger partial charge in [-0.3, -0.25) is 4.90 Å². The molecule has 8 heteroatoms. The van der Waals surface area contributed by atoms with Crippen molar-refractivity contribution >= 4 is 23.8 Å². The van der Waals surface area contributed by atoms with E-state index >= 15 is 0 Å². The molecular weight excluding hydrogens is 268 g/mol. The predicted octanol–water partition coefficient (Wildman–Crippen LogP) is 1.03. The van der Waals surface area contributed by atoms with Crippen LogP contribution in [0.2, 0.25) is 0 Å². The summed E-state index contributed by atoms with van der Waals surface area (Å²) < 4.78 is 0. The van der Waals surface area contributed by atoms with Crippen molar-refractivity contribution in [2.24, 2.45) is 0 Å². The van der Waals surface area contributed by atoms with E-state index in [9.17, 15) is 9.59 Å². The van der Waals surface area contributed by atoms with Gasteiger partial charge >= 0.3 is 12.0 Å². The standard InChI is InChI=1S/C11H16N4O3S/c1-6(9-12-3-4-13-9)14-11(18)15-7(2)19-5-8(15)10(16)17/h3-4,6-8H,5H2,1-2H3,(H,12,13)(H,14,18)(H,16,17). The largest absolute Gasteiger partial charge is 0.480 e. The predicted molar refractivity (Wildman–Crippen MR) is 70.7 cm³/mol. The van der Waals surface area contributed by atoms with E-state index in [1.54, 1.807) is 19.3 Å². The Bertz CT molecular complexity index is 465. The Morgan fingerprint density at radius 3 is 3.00 bits per heavy atom. The molecule has 1 aliphatic heterocycles.